The van der Waals surface area contributed by atoms with E-state index in [-0.39, 0.29) is 66.4 Å². The van der Waals surface area contributed by atoms with Crippen molar-refractivity contribution in [3.8, 4) is 0 Å². The second-order valence-corrected chi connectivity index (χ2v) is 14.5. The van der Waals surface area contributed by atoms with Crippen molar-refractivity contribution < 1.29 is 27.6 Å². The fraction of sp³-hybridized carbons (Fsp3) is 0.389. The normalized spacial score (nSPS) is 18.6. The standard InChI is InChI=1S/C36H44N6O6S/c37-33(38)27-17-15-25(16-18-27)22-41-34(44)28-11-4-6-19-39-35(45)30-13-8-14-31(42-30)36(46)40-20-7-5-12-29(32(43)21-28)24-49(47,48)23-26-9-2-1-3-10-26/h1-3,8-10,13-18,28-29H,4-7,11-12,19-24H2,(H3,37,38)(H,39,45)(H,40,46)(H,41,44)/t28-,29+/m1/s1. The maximum Gasteiger partial charge on any atom is 0.269 e. The van der Waals surface area contributed by atoms with Gasteiger partial charge < -0.3 is 21.7 Å². The summed E-state index contributed by atoms with van der Waals surface area (Å²) in [5.74, 6) is -3.61. The highest BCUT2D eigenvalue weighted by Gasteiger charge is 2.30. The number of nitrogens with two attached hydrogens (primary N) is 1. The Kier molecular flexibility index (Phi) is 13.6. The molecule has 1 aromatic heterocycles. The lowest BCUT2D eigenvalue weighted by molar-refractivity contribution is -0.131. The minimum absolute atomic E-state index is 0.0621. The molecule has 13 heteroatoms. The number of rotatable bonds is 8. The summed E-state index contributed by atoms with van der Waals surface area (Å²) in [5.41, 5.74) is 7.75. The van der Waals surface area contributed by atoms with Gasteiger partial charge in [0.2, 0.25) is 5.91 Å². The molecule has 0 radical (unpaired) electrons. The van der Waals surface area contributed by atoms with Crippen LogP contribution in [0.15, 0.2) is 72.8 Å². The summed E-state index contributed by atoms with van der Waals surface area (Å²) in [7, 11) is -3.67. The highest BCUT2D eigenvalue weighted by Crippen LogP contribution is 2.23. The zero-order valence-electron chi connectivity index (χ0n) is 27.5. The van der Waals surface area contributed by atoms with Crippen LogP contribution in [0.5, 0.6) is 0 Å². The molecule has 2 bridgehead atoms. The minimum Gasteiger partial charge on any atom is -0.384 e. The maximum atomic E-state index is 13.9. The molecule has 6 N–H and O–H groups in total. The Morgan fingerprint density at radius 2 is 1.43 bits per heavy atom. The molecule has 0 fully saturated rings. The molecular weight excluding hydrogens is 644 g/mol. The van der Waals surface area contributed by atoms with Gasteiger partial charge in [0.25, 0.3) is 11.8 Å². The van der Waals surface area contributed by atoms with Gasteiger partial charge in [-0.3, -0.25) is 24.6 Å². The lowest BCUT2D eigenvalue weighted by atomic mass is 9.88. The molecule has 2 aromatic carbocycles. The van der Waals surface area contributed by atoms with Crippen LogP contribution < -0.4 is 21.7 Å². The van der Waals surface area contributed by atoms with Gasteiger partial charge in [0.1, 0.15) is 23.0 Å². The van der Waals surface area contributed by atoms with Gasteiger partial charge in [-0.1, -0.05) is 73.5 Å². The van der Waals surface area contributed by atoms with E-state index in [1.165, 1.54) is 12.1 Å². The van der Waals surface area contributed by atoms with E-state index in [4.69, 9.17) is 11.1 Å². The fourth-order valence-corrected chi connectivity index (χ4v) is 7.49. The highest BCUT2D eigenvalue weighted by molar-refractivity contribution is 7.90. The molecule has 49 heavy (non-hydrogen) atoms. The number of nitrogens with one attached hydrogen (secondary N) is 4. The van der Waals surface area contributed by atoms with Crippen LogP contribution in [0.25, 0.3) is 0 Å². The number of fused-ring (bicyclic) bond motifs is 2. The van der Waals surface area contributed by atoms with Gasteiger partial charge in [0.15, 0.2) is 9.84 Å². The van der Waals surface area contributed by atoms with Crippen LogP contribution >= 0.6 is 0 Å². The molecule has 0 spiro atoms. The van der Waals surface area contributed by atoms with E-state index >= 15 is 0 Å². The number of sulfone groups is 1. The summed E-state index contributed by atoms with van der Waals surface area (Å²) in [6.45, 7) is 0.763. The van der Waals surface area contributed by atoms with Crippen molar-refractivity contribution in [1.29, 1.82) is 5.41 Å². The third kappa shape index (κ3) is 11.9. The molecule has 3 amide bonds. The third-order valence-electron chi connectivity index (χ3n) is 8.43. The second kappa shape index (κ2) is 18.0. The number of benzene rings is 2. The molecule has 2 heterocycles. The number of carbonyl (C=O) groups excluding carboxylic acids is 4. The number of carbonyl (C=O) groups is 4. The summed E-state index contributed by atoms with van der Waals surface area (Å²) >= 11 is 0. The van der Waals surface area contributed by atoms with Gasteiger partial charge in [-0.25, -0.2) is 13.4 Å². The fourth-order valence-electron chi connectivity index (χ4n) is 5.71. The van der Waals surface area contributed by atoms with Crippen molar-refractivity contribution in [2.24, 2.45) is 17.6 Å². The van der Waals surface area contributed by atoms with E-state index in [9.17, 15) is 27.6 Å². The third-order valence-corrected chi connectivity index (χ3v) is 10.1. The van der Waals surface area contributed by atoms with Crippen LogP contribution in [0.4, 0.5) is 0 Å². The predicted octanol–water partition coefficient (Wildman–Crippen LogP) is 3.30. The number of nitrogens with zero attached hydrogens (tertiary/aromatic N) is 1. The SMILES string of the molecule is N=C(N)c1ccc(CNC(=O)[C@@H]2CCCCNC(=O)c3cccc(n3)C(=O)NCCCC[C@@H](CS(=O)(=O)Cc3ccccc3)C(=O)C2)cc1. The monoisotopic (exact) mass is 688 g/mol. The first-order valence-corrected chi connectivity index (χ1v) is 18.3. The molecule has 0 unspecified atom stereocenters. The van der Waals surface area contributed by atoms with Crippen LogP contribution in [0.3, 0.4) is 0 Å². The van der Waals surface area contributed by atoms with Crippen LogP contribution in [0.2, 0.25) is 0 Å². The molecule has 2 atom stereocenters. The Balaban J connectivity index is 1.51. The number of amidine groups is 1. The average Bonchev–Trinajstić information content (AvgIpc) is 3.09. The molecule has 0 saturated carbocycles. The molecule has 0 saturated heterocycles. The summed E-state index contributed by atoms with van der Waals surface area (Å²) in [5, 5.41) is 16.1. The number of nitrogen functional groups attached to an aromatic ring is 1. The van der Waals surface area contributed by atoms with Gasteiger partial charge in [-0.15, -0.1) is 0 Å². The Hall–Kier alpha value is -4.91. The van der Waals surface area contributed by atoms with E-state index in [0.29, 0.717) is 49.8 Å². The highest BCUT2D eigenvalue weighted by atomic mass is 32.2. The van der Waals surface area contributed by atoms with E-state index in [0.717, 1.165) is 5.56 Å². The van der Waals surface area contributed by atoms with Gasteiger partial charge in [-0.2, -0.15) is 0 Å². The lowest BCUT2D eigenvalue weighted by Crippen LogP contribution is -2.34. The van der Waals surface area contributed by atoms with Gasteiger partial charge >= 0.3 is 0 Å². The Morgan fingerprint density at radius 1 is 0.816 bits per heavy atom. The molecule has 3 aromatic rings. The quantitative estimate of drug-likeness (QED) is 0.175. The van der Waals surface area contributed by atoms with Crippen LogP contribution in [0.1, 0.15) is 82.6 Å². The Morgan fingerprint density at radius 3 is 2.04 bits per heavy atom. The zero-order chi connectivity index (χ0) is 35.2. The van der Waals surface area contributed by atoms with Gasteiger partial charge in [0.05, 0.1) is 11.5 Å². The second-order valence-electron chi connectivity index (χ2n) is 12.3. The number of pyridine rings is 1. The van der Waals surface area contributed by atoms with Crippen molar-refractivity contribution in [2.75, 3.05) is 18.8 Å². The molecule has 1 aliphatic rings. The van der Waals surface area contributed by atoms with Crippen molar-refractivity contribution in [3.05, 3.63) is 101 Å². The Labute approximate surface area is 287 Å². The minimum atomic E-state index is -3.67. The van der Waals surface area contributed by atoms with Crippen LogP contribution in [-0.4, -0.2) is 61.6 Å². The maximum absolute atomic E-state index is 13.9. The summed E-state index contributed by atoms with van der Waals surface area (Å²) < 4.78 is 26.6. The topological polar surface area (TPSA) is 201 Å². The first-order valence-electron chi connectivity index (χ1n) is 16.5. The zero-order valence-corrected chi connectivity index (χ0v) is 28.3. The number of ketones is 1. The van der Waals surface area contributed by atoms with E-state index in [1.54, 1.807) is 60.7 Å². The van der Waals surface area contributed by atoms with E-state index < -0.39 is 33.5 Å². The van der Waals surface area contributed by atoms with Crippen LogP contribution in [-0.2, 0) is 31.7 Å². The summed E-state index contributed by atoms with van der Waals surface area (Å²) in [6, 6.07) is 20.3. The molecular formula is C36H44N6O6S. The number of Topliss-reactive ketones (excluding diaryl/α,β-unsaturated/α-hetero) is 1. The van der Waals surface area contributed by atoms with Crippen molar-refractivity contribution in [3.63, 3.8) is 0 Å². The molecule has 260 valence electrons. The molecule has 0 aliphatic carbocycles. The van der Waals surface area contributed by atoms with Crippen LogP contribution in [0, 0.1) is 17.2 Å². The van der Waals surface area contributed by atoms with E-state index in [1.807, 2.05) is 0 Å². The molecule has 4 rings (SSSR count). The van der Waals surface area contributed by atoms with Crippen molar-refractivity contribution in [2.45, 2.75) is 57.2 Å². The van der Waals surface area contributed by atoms with Gasteiger partial charge in [0, 0.05) is 43.5 Å². The van der Waals surface area contributed by atoms with Gasteiger partial charge in [-0.05, 0) is 48.9 Å². The number of hydrogen-bond acceptors (Lipinski definition) is 8. The van der Waals surface area contributed by atoms with E-state index in [2.05, 4.69) is 20.9 Å². The summed E-state index contributed by atoms with van der Waals surface area (Å²) in [4.78, 5) is 57.0. The average molecular weight is 689 g/mol. The number of amides is 3. The largest absolute Gasteiger partial charge is 0.384 e. The first kappa shape index (κ1) is 36.9. The molecule has 12 nitrogen and oxygen atoms in total. The first-order chi connectivity index (χ1) is 23.5. The number of aromatic nitrogens is 1. The Bertz CT molecular complexity index is 1730. The smallest absolute Gasteiger partial charge is 0.269 e. The van der Waals surface area contributed by atoms with Crippen molar-refractivity contribution in [1.82, 2.24) is 20.9 Å². The summed E-state index contributed by atoms with van der Waals surface area (Å²) in [6.07, 6.45) is 2.51. The predicted molar refractivity (Wildman–Crippen MR) is 186 cm³/mol. The van der Waals surface area contributed by atoms with Crippen molar-refractivity contribution >= 4 is 39.2 Å². The lowest BCUT2D eigenvalue weighted by Gasteiger charge is -2.21. The molecule has 1 aliphatic heterocycles. The number of hydrogen-bond donors (Lipinski definition) is 5.